The lowest BCUT2D eigenvalue weighted by Gasteiger charge is -2.11. The third-order valence-electron chi connectivity index (χ3n) is 3.08. The summed E-state index contributed by atoms with van der Waals surface area (Å²) in [6, 6.07) is -0.587. The molecule has 9 nitrogen and oxygen atoms in total. The molecule has 0 aromatic rings. The molecular formula is C13H28N6O3. The van der Waals surface area contributed by atoms with Crippen LogP contribution in [0.1, 0.15) is 51.9 Å². The lowest BCUT2D eigenvalue weighted by Crippen LogP contribution is -2.41. The number of carbonyl (C=O) groups excluding carboxylic acids is 1. The number of hydrazine groups is 1. The zero-order valence-corrected chi connectivity index (χ0v) is 13.2. The molecule has 128 valence electrons. The SMILES string of the molecule is CCCCCCCNC(=O)C(N)CCCN=C(N)N[N+](=O)[O-]. The largest absolute Gasteiger partial charge is 0.365 e. The molecule has 0 aliphatic heterocycles. The summed E-state index contributed by atoms with van der Waals surface area (Å²) in [6.07, 6.45) is 6.68. The minimum Gasteiger partial charge on any atom is -0.365 e. The fraction of sp³-hybridized carbons (Fsp3) is 0.846. The summed E-state index contributed by atoms with van der Waals surface area (Å²) in [5.74, 6) is -0.425. The first-order chi connectivity index (χ1) is 10.5. The van der Waals surface area contributed by atoms with Crippen LogP contribution in [0.3, 0.4) is 0 Å². The Morgan fingerprint density at radius 3 is 2.59 bits per heavy atom. The molecule has 22 heavy (non-hydrogen) atoms. The number of nitro groups is 1. The first kappa shape index (κ1) is 20.1. The van der Waals surface area contributed by atoms with Crippen LogP contribution in [0, 0.1) is 10.1 Å². The van der Waals surface area contributed by atoms with E-state index in [0.717, 1.165) is 12.8 Å². The molecule has 9 heteroatoms. The lowest BCUT2D eigenvalue weighted by atomic mass is 10.1. The van der Waals surface area contributed by atoms with Crippen molar-refractivity contribution in [1.29, 1.82) is 0 Å². The molecule has 0 aromatic heterocycles. The van der Waals surface area contributed by atoms with Crippen molar-refractivity contribution in [3.05, 3.63) is 10.1 Å². The first-order valence-electron chi connectivity index (χ1n) is 7.71. The predicted molar refractivity (Wildman–Crippen MR) is 85.6 cm³/mol. The highest BCUT2D eigenvalue weighted by Gasteiger charge is 2.12. The van der Waals surface area contributed by atoms with E-state index in [1.807, 2.05) is 0 Å². The van der Waals surface area contributed by atoms with Gasteiger partial charge in [-0.25, -0.2) is 15.1 Å². The van der Waals surface area contributed by atoms with Gasteiger partial charge in [-0.05, 0) is 19.3 Å². The Labute approximate surface area is 131 Å². The Morgan fingerprint density at radius 2 is 1.95 bits per heavy atom. The van der Waals surface area contributed by atoms with E-state index < -0.39 is 11.1 Å². The predicted octanol–water partition coefficient (Wildman–Crippen LogP) is 0.277. The Hall–Kier alpha value is -1.90. The van der Waals surface area contributed by atoms with Gasteiger partial charge < -0.3 is 16.8 Å². The number of nitrogens with zero attached hydrogens (tertiary/aromatic N) is 2. The van der Waals surface area contributed by atoms with Crippen molar-refractivity contribution in [3.8, 4) is 0 Å². The number of unbranched alkanes of at least 4 members (excludes halogenated alkanes) is 4. The van der Waals surface area contributed by atoms with Gasteiger partial charge in [-0.15, -0.1) is 0 Å². The van der Waals surface area contributed by atoms with Crippen LogP contribution >= 0.6 is 0 Å². The van der Waals surface area contributed by atoms with Crippen LogP contribution in [-0.4, -0.2) is 36.0 Å². The average molecular weight is 316 g/mol. The Morgan fingerprint density at radius 1 is 1.27 bits per heavy atom. The molecule has 0 bridgehead atoms. The van der Waals surface area contributed by atoms with Crippen molar-refractivity contribution >= 4 is 11.9 Å². The Balaban J connectivity index is 3.67. The first-order valence-corrected chi connectivity index (χ1v) is 7.71. The van der Waals surface area contributed by atoms with Gasteiger partial charge in [0.2, 0.25) is 5.91 Å². The maximum absolute atomic E-state index is 11.7. The summed E-state index contributed by atoms with van der Waals surface area (Å²) in [4.78, 5) is 25.5. The van der Waals surface area contributed by atoms with Crippen LogP contribution in [-0.2, 0) is 4.79 Å². The smallest absolute Gasteiger partial charge is 0.251 e. The monoisotopic (exact) mass is 316 g/mol. The molecule has 0 spiro atoms. The van der Waals surface area contributed by atoms with Crippen LogP contribution in [0.15, 0.2) is 4.99 Å². The summed E-state index contributed by atoms with van der Waals surface area (Å²) >= 11 is 0. The van der Waals surface area contributed by atoms with Crippen molar-refractivity contribution in [2.75, 3.05) is 13.1 Å². The second-order valence-electron chi connectivity index (χ2n) is 5.09. The minimum absolute atomic E-state index is 0.171. The zero-order chi connectivity index (χ0) is 16.8. The number of nitrogens with two attached hydrogens (primary N) is 2. The maximum atomic E-state index is 11.7. The van der Waals surface area contributed by atoms with Crippen LogP contribution < -0.4 is 22.2 Å². The topological polar surface area (TPSA) is 149 Å². The lowest BCUT2D eigenvalue weighted by molar-refractivity contribution is -0.525. The number of carbonyl (C=O) groups is 1. The number of amides is 1. The summed E-state index contributed by atoms with van der Waals surface area (Å²) in [5, 5.41) is 12.1. The van der Waals surface area contributed by atoms with E-state index >= 15 is 0 Å². The van der Waals surface area contributed by atoms with Gasteiger partial charge in [0, 0.05) is 13.1 Å². The standard InChI is InChI=1S/C13H28N6O3/c1-2-3-4-5-6-9-16-12(20)11(14)8-7-10-17-13(15)18-19(21)22/h11H,2-10,14H2,1H3,(H,16,20)(H3,15,17,18). The van der Waals surface area contributed by atoms with Gasteiger partial charge in [-0.1, -0.05) is 38.0 Å². The molecule has 0 fully saturated rings. The number of nitrogens with one attached hydrogen (secondary N) is 2. The number of aliphatic imine (C=N–C) groups is 1. The van der Waals surface area contributed by atoms with Gasteiger partial charge in [-0.3, -0.25) is 4.79 Å². The van der Waals surface area contributed by atoms with E-state index in [4.69, 9.17) is 11.5 Å². The van der Waals surface area contributed by atoms with Crippen LogP contribution in [0.5, 0.6) is 0 Å². The van der Waals surface area contributed by atoms with Gasteiger partial charge in [0.15, 0.2) is 5.03 Å². The molecule has 0 heterocycles. The molecule has 0 aliphatic carbocycles. The minimum atomic E-state index is -0.779. The second-order valence-corrected chi connectivity index (χ2v) is 5.09. The number of guanidine groups is 1. The fourth-order valence-electron chi connectivity index (χ4n) is 1.84. The van der Waals surface area contributed by atoms with Crippen molar-refractivity contribution in [2.24, 2.45) is 16.5 Å². The highest BCUT2D eigenvalue weighted by Crippen LogP contribution is 2.01. The Bertz CT molecular complexity index is 362. The van der Waals surface area contributed by atoms with Gasteiger partial charge >= 0.3 is 0 Å². The molecular weight excluding hydrogens is 288 g/mol. The number of hydrogen-bond acceptors (Lipinski definition) is 5. The van der Waals surface area contributed by atoms with Gasteiger partial charge in [-0.2, -0.15) is 0 Å². The molecule has 0 aliphatic rings. The summed E-state index contributed by atoms with van der Waals surface area (Å²) in [7, 11) is 0. The van der Waals surface area contributed by atoms with Gasteiger partial charge in [0.05, 0.1) is 6.04 Å². The van der Waals surface area contributed by atoms with Crippen LogP contribution in [0.2, 0.25) is 0 Å². The highest BCUT2D eigenvalue weighted by molar-refractivity contribution is 5.81. The van der Waals surface area contributed by atoms with Gasteiger partial charge in [0.25, 0.3) is 5.96 Å². The van der Waals surface area contributed by atoms with Crippen LogP contribution in [0.25, 0.3) is 0 Å². The van der Waals surface area contributed by atoms with E-state index in [1.54, 1.807) is 5.43 Å². The van der Waals surface area contributed by atoms with E-state index in [9.17, 15) is 14.9 Å². The van der Waals surface area contributed by atoms with Crippen molar-refractivity contribution in [3.63, 3.8) is 0 Å². The van der Waals surface area contributed by atoms with E-state index in [1.165, 1.54) is 19.3 Å². The van der Waals surface area contributed by atoms with Crippen LogP contribution in [0.4, 0.5) is 0 Å². The van der Waals surface area contributed by atoms with Crippen molar-refractivity contribution in [2.45, 2.75) is 57.9 Å². The molecule has 1 unspecified atom stereocenters. The molecule has 0 saturated carbocycles. The quantitative estimate of drug-likeness (QED) is 0.133. The highest BCUT2D eigenvalue weighted by atomic mass is 16.7. The summed E-state index contributed by atoms with van der Waals surface area (Å²) in [5.41, 5.74) is 12.8. The van der Waals surface area contributed by atoms with Crippen molar-refractivity contribution < 1.29 is 9.83 Å². The third-order valence-corrected chi connectivity index (χ3v) is 3.08. The zero-order valence-electron chi connectivity index (χ0n) is 13.2. The number of rotatable bonds is 12. The van der Waals surface area contributed by atoms with Gasteiger partial charge in [0.1, 0.15) is 0 Å². The average Bonchev–Trinajstić information content (AvgIpc) is 2.46. The van der Waals surface area contributed by atoms with Crippen molar-refractivity contribution in [1.82, 2.24) is 10.7 Å². The summed E-state index contributed by atoms with van der Waals surface area (Å²) in [6.45, 7) is 3.09. The molecule has 0 radical (unpaired) electrons. The second kappa shape index (κ2) is 12.8. The molecule has 0 aromatic carbocycles. The van der Waals surface area contributed by atoms with E-state index in [0.29, 0.717) is 19.4 Å². The third kappa shape index (κ3) is 11.9. The number of hydrogen-bond donors (Lipinski definition) is 4. The Kier molecular flexibility index (Phi) is 11.7. The molecule has 0 rings (SSSR count). The van der Waals surface area contributed by atoms with E-state index in [2.05, 4.69) is 17.2 Å². The maximum Gasteiger partial charge on any atom is 0.251 e. The molecule has 0 saturated heterocycles. The normalized spacial score (nSPS) is 12.7. The van der Waals surface area contributed by atoms with E-state index in [-0.39, 0.29) is 18.4 Å². The fourth-order valence-corrected chi connectivity index (χ4v) is 1.84. The molecule has 1 amide bonds. The molecule has 6 N–H and O–H groups in total. The molecule has 1 atom stereocenters. The summed E-state index contributed by atoms with van der Waals surface area (Å²) < 4.78 is 0.